The van der Waals surface area contributed by atoms with Gasteiger partial charge in [-0.2, -0.15) is 0 Å². The minimum Gasteiger partial charge on any atom is -0.490 e. The quantitative estimate of drug-likeness (QED) is 0.814. The van der Waals surface area contributed by atoms with Gasteiger partial charge in [0.2, 0.25) is 0 Å². The molecule has 0 unspecified atom stereocenters. The number of likely N-dealkylation sites (tertiary alicyclic amines) is 1. The lowest BCUT2D eigenvalue weighted by Crippen LogP contribution is -2.30. The Balaban J connectivity index is 1.64. The van der Waals surface area contributed by atoms with E-state index in [1.807, 2.05) is 18.2 Å². The van der Waals surface area contributed by atoms with Gasteiger partial charge in [0.05, 0.1) is 6.20 Å². The van der Waals surface area contributed by atoms with Gasteiger partial charge in [-0.3, -0.25) is 4.98 Å². The van der Waals surface area contributed by atoms with Crippen LogP contribution in [0.1, 0.15) is 29.5 Å². The van der Waals surface area contributed by atoms with Gasteiger partial charge in [-0.1, -0.05) is 29.5 Å². The van der Waals surface area contributed by atoms with Crippen LogP contribution in [0.25, 0.3) is 0 Å². The van der Waals surface area contributed by atoms with Gasteiger partial charge < -0.3 is 9.64 Å². The summed E-state index contributed by atoms with van der Waals surface area (Å²) in [6.07, 6.45) is 5.99. The summed E-state index contributed by atoms with van der Waals surface area (Å²) in [6, 6.07) is 10.7. The van der Waals surface area contributed by atoms with Crippen molar-refractivity contribution in [3.8, 4) is 17.6 Å². The fourth-order valence-electron chi connectivity index (χ4n) is 2.73. The van der Waals surface area contributed by atoms with Gasteiger partial charge in [0.25, 0.3) is 0 Å². The van der Waals surface area contributed by atoms with Crippen LogP contribution in [0, 0.1) is 18.8 Å². The summed E-state index contributed by atoms with van der Waals surface area (Å²) in [4.78, 5) is 6.59. The molecule has 0 radical (unpaired) electrons. The van der Waals surface area contributed by atoms with E-state index >= 15 is 0 Å². The molecule has 0 bridgehead atoms. The Morgan fingerprint density at radius 3 is 2.70 bits per heavy atom. The molecule has 1 aromatic carbocycles. The smallest absolute Gasteiger partial charge is 0.138 e. The summed E-state index contributed by atoms with van der Waals surface area (Å²) in [6.45, 7) is 3.95. The second-order valence-corrected chi connectivity index (χ2v) is 6.11. The van der Waals surface area contributed by atoms with Gasteiger partial charge in [0.15, 0.2) is 0 Å². The van der Waals surface area contributed by atoms with Crippen LogP contribution in [0.5, 0.6) is 5.75 Å². The van der Waals surface area contributed by atoms with E-state index in [4.69, 9.17) is 4.74 Å². The lowest BCUT2D eigenvalue weighted by atomic mass is 10.1. The Morgan fingerprint density at radius 2 is 1.96 bits per heavy atom. The van der Waals surface area contributed by atoms with Crippen molar-refractivity contribution < 1.29 is 4.74 Å². The largest absolute Gasteiger partial charge is 0.490 e. The normalized spacial score (nSPS) is 17.6. The second-order valence-electron chi connectivity index (χ2n) is 6.11. The molecule has 23 heavy (non-hydrogen) atoms. The summed E-state index contributed by atoms with van der Waals surface area (Å²) >= 11 is 0. The van der Waals surface area contributed by atoms with Crippen molar-refractivity contribution in [2.24, 2.45) is 0 Å². The minimum absolute atomic E-state index is 0.511. The summed E-state index contributed by atoms with van der Waals surface area (Å²) in [5.41, 5.74) is 3.13. The molecule has 0 spiro atoms. The van der Waals surface area contributed by atoms with Crippen LogP contribution in [0.15, 0.2) is 42.7 Å². The predicted molar refractivity (Wildman–Crippen MR) is 92.5 cm³/mol. The fourth-order valence-corrected chi connectivity index (χ4v) is 2.73. The molecule has 0 saturated carbocycles. The number of ether oxygens (including phenoxy) is 1. The third-order valence-corrected chi connectivity index (χ3v) is 4.23. The van der Waals surface area contributed by atoms with E-state index in [-0.39, 0.29) is 0 Å². The zero-order chi connectivity index (χ0) is 16.1. The summed E-state index contributed by atoms with van der Waals surface area (Å²) in [7, 11) is 2.16. The summed E-state index contributed by atoms with van der Waals surface area (Å²) < 4.78 is 5.90. The van der Waals surface area contributed by atoms with Gasteiger partial charge in [-0.05, 0) is 51.6 Å². The molecule has 1 aromatic heterocycles. The van der Waals surface area contributed by atoms with Gasteiger partial charge in [0.1, 0.15) is 12.4 Å². The molecule has 3 nitrogen and oxygen atoms in total. The monoisotopic (exact) mass is 306 g/mol. The number of likely N-dealkylation sites (N-methyl/N-ethyl adjacent to an activating group) is 1. The Hall–Kier alpha value is -2.31. The zero-order valence-corrected chi connectivity index (χ0v) is 13.7. The molecular weight excluding hydrogens is 284 g/mol. The van der Waals surface area contributed by atoms with Crippen LogP contribution in [0.3, 0.4) is 0 Å². The van der Waals surface area contributed by atoms with Crippen molar-refractivity contribution in [3.63, 3.8) is 0 Å². The highest BCUT2D eigenvalue weighted by atomic mass is 16.5. The average Bonchev–Trinajstić information content (AvgIpc) is 2.98. The van der Waals surface area contributed by atoms with Crippen LogP contribution in [-0.4, -0.2) is 36.1 Å². The topological polar surface area (TPSA) is 25.4 Å². The van der Waals surface area contributed by atoms with Crippen molar-refractivity contribution in [2.45, 2.75) is 25.8 Å². The third-order valence-electron chi connectivity index (χ3n) is 4.23. The molecule has 2 heterocycles. The van der Waals surface area contributed by atoms with Gasteiger partial charge in [0, 0.05) is 23.4 Å². The van der Waals surface area contributed by atoms with Crippen LogP contribution >= 0.6 is 0 Å². The first-order valence-electron chi connectivity index (χ1n) is 8.07. The summed E-state index contributed by atoms with van der Waals surface area (Å²) in [5, 5.41) is 0. The van der Waals surface area contributed by atoms with Crippen molar-refractivity contribution in [3.05, 3.63) is 59.4 Å². The number of nitrogens with zero attached hydrogens (tertiary/aromatic N) is 2. The first-order chi connectivity index (χ1) is 11.2. The number of hydrogen-bond donors (Lipinski definition) is 0. The van der Waals surface area contributed by atoms with Crippen molar-refractivity contribution in [2.75, 3.05) is 20.2 Å². The summed E-state index contributed by atoms with van der Waals surface area (Å²) in [5.74, 6) is 7.11. The molecule has 3 rings (SSSR count). The Bertz CT molecular complexity index is 712. The standard InChI is InChI=1S/C20H22N2O/c1-16-5-7-17(8-6-16)9-10-18-12-20(14-21-13-18)23-15-19-4-3-11-22(19)2/h5-8,12-14,19H,3-4,11,15H2,1-2H3/t19-/m0/s1. The first kappa shape index (κ1) is 15.6. The number of aryl methyl sites for hydroxylation is 1. The minimum atomic E-state index is 0.511. The maximum atomic E-state index is 5.90. The number of benzene rings is 1. The van der Waals surface area contributed by atoms with E-state index in [0.29, 0.717) is 12.6 Å². The Kier molecular flexibility index (Phi) is 4.95. The molecule has 0 amide bonds. The average molecular weight is 306 g/mol. The number of aromatic nitrogens is 1. The molecule has 2 aromatic rings. The van der Waals surface area contributed by atoms with E-state index in [2.05, 4.69) is 47.8 Å². The van der Waals surface area contributed by atoms with Gasteiger partial charge in [-0.25, -0.2) is 0 Å². The van der Waals surface area contributed by atoms with E-state index in [1.54, 1.807) is 12.4 Å². The Morgan fingerprint density at radius 1 is 1.17 bits per heavy atom. The van der Waals surface area contributed by atoms with E-state index in [9.17, 15) is 0 Å². The maximum absolute atomic E-state index is 5.90. The molecule has 0 N–H and O–H groups in total. The second kappa shape index (κ2) is 7.30. The lowest BCUT2D eigenvalue weighted by Gasteiger charge is -2.19. The fraction of sp³-hybridized carbons (Fsp3) is 0.350. The maximum Gasteiger partial charge on any atom is 0.138 e. The van der Waals surface area contributed by atoms with Crippen LogP contribution in [0.4, 0.5) is 0 Å². The molecule has 0 aliphatic carbocycles. The number of rotatable bonds is 3. The number of pyridine rings is 1. The molecular formula is C20H22N2O. The lowest BCUT2D eigenvalue weighted by molar-refractivity contribution is 0.198. The van der Waals surface area contributed by atoms with E-state index < -0.39 is 0 Å². The van der Waals surface area contributed by atoms with Crippen LogP contribution in [0.2, 0.25) is 0 Å². The third kappa shape index (κ3) is 4.34. The highest BCUT2D eigenvalue weighted by Gasteiger charge is 2.21. The van der Waals surface area contributed by atoms with Crippen molar-refractivity contribution in [1.82, 2.24) is 9.88 Å². The molecule has 3 heteroatoms. The van der Waals surface area contributed by atoms with E-state index in [1.165, 1.54) is 18.4 Å². The molecule has 1 atom stereocenters. The molecule has 1 saturated heterocycles. The molecule has 1 fully saturated rings. The van der Waals surface area contributed by atoms with Crippen LogP contribution < -0.4 is 4.74 Å². The molecule has 1 aliphatic heterocycles. The van der Waals surface area contributed by atoms with Gasteiger partial charge in [-0.15, -0.1) is 0 Å². The predicted octanol–water partition coefficient (Wildman–Crippen LogP) is 3.26. The Labute approximate surface area is 138 Å². The highest BCUT2D eigenvalue weighted by Crippen LogP contribution is 2.17. The van der Waals surface area contributed by atoms with Crippen molar-refractivity contribution in [1.29, 1.82) is 0 Å². The number of hydrogen-bond acceptors (Lipinski definition) is 3. The highest BCUT2D eigenvalue weighted by molar-refractivity contribution is 5.44. The zero-order valence-electron chi connectivity index (χ0n) is 13.7. The van der Waals surface area contributed by atoms with Crippen LogP contribution in [-0.2, 0) is 0 Å². The first-order valence-corrected chi connectivity index (χ1v) is 8.07. The van der Waals surface area contributed by atoms with E-state index in [0.717, 1.165) is 23.4 Å². The molecule has 1 aliphatic rings. The van der Waals surface area contributed by atoms with Gasteiger partial charge >= 0.3 is 0 Å². The SMILES string of the molecule is Cc1ccc(C#Cc2cncc(OC[C@@H]3CCCN3C)c2)cc1. The van der Waals surface area contributed by atoms with Crippen molar-refractivity contribution >= 4 is 0 Å². The molecule has 118 valence electrons.